The lowest BCUT2D eigenvalue weighted by atomic mass is 10.1. The molecule has 1 N–H and O–H groups in total. The highest BCUT2D eigenvalue weighted by molar-refractivity contribution is 6.43. The summed E-state index contributed by atoms with van der Waals surface area (Å²) in [5.41, 5.74) is 5.03. The van der Waals surface area contributed by atoms with Crippen LogP contribution in [-0.2, 0) is 6.54 Å². The molecule has 3 nitrogen and oxygen atoms in total. The molecule has 3 rings (SSSR count). The zero-order valence-electron chi connectivity index (χ0n) is 14.7. The molecule has 132 valence electrons. The van der Waals surface area contributed by atoms with Crippen molar-refractivity contribution in [3.63, 3.8) is 0 Å². The number of rotatable bonds is 4. The molecule has 0 bridgehead atoms. The highest BCUT2D eigenvalue weighted by Gasteiger charge is 2.19. The van der Waals surface area contributed by atoms with Crippen molar-refractivity contribution in [2.24, 2.45) is 5.10 Å². The molecule has 0 atom stereocenters. The Morgan fingerprint density at radius 3 is 2.60 bits per heavy atom. The summed E-state index contributed by atoms with van der Waals surface area (Å²) in [6, 6.07) is 12.3. The quantitative estimate of drug-likeness (QED) is 0.811. The molecule has 1 heterocycles. The van der Waals surface area contributed by atoms with Crippen LogP contribution < -0.4 is 4.90 Å². The molecule has 1 fully saturated rings. The van der Waals surface area contributed by atoms with E-state index in [1.165, 1.54) is 16.7 Å². The Bertz CT molecular complexity index is 766. The molecular weight excluding hydrogens is 353 g/mol. The van der Waals surface area contributed by atoms with E-state index in [0.717, 1.165) is 38.3 Å². The van der Waals surface area contributed by atoms with E-state index in [4.69, 9.17) is 23.2 Å². The molecule has 1 aliphatic rings. The monoisotopic (exact) mass is 376 g/mol. The fourth-order valence-electron chi connectivity index (χ4n) is 3.18. The Labute approximate surface area is 159 Å². The Balaban J connectivity index is 1.55. The number of hydrogen-bond donors (Lipinski definition) is 1. The van der Waals surface area contributed by atoms with Crippen LogP contribution in [0.4, 0.5) is 0 Å². The Morgan fingerprint density at radius 2 is 1.88 bits per heavy atom. The van der Waals surface area contributed by atoms with Crippen LogP contribution in [0.1, 0.15) is 22.3 Å². The summed E-state index contributed by atoms with van der Waals surface area (Å²) in [5, 5.41) is 7.82. The smallest absolute Gasteiger partial charge is 0.103 e. The van der Waals surface area contributed by atoms with Gasteiger partial charge in [0, 0.05) is 11.1 Å². The minimum Gasteiger partial charge on any atom is -0.328 e. The van der Waals surface area contributed by atoms with Gasteiger partial charge in [0.25, 0.3) is 0 Å². The second kappa shape index (κ2) is 8.22. The number of nitrogens with zero attached hydrogens (tertiary/aromatic N) is 2. The summed E-state index contributed by atoms with van der Waals surface area (Å²) < 4.78 is 0. The molecule has 0 saturated carbocycles. The maximum Gasteiger partial charge on any atom is 0.103 e. The van der Waals surface area contributed by atoms with E-state index < -0.39 is 0 Å². The lowest BCUT2D eigenvalue weighted by Crippen LogP contribution is -3.13. The molecule has 0 aliphatic carbocycles. The third-order valence-corrected chi connectivity index (χ3v) is 5.56. The molecule has 1 aliphatic heterocycles. The van der Waals surface area contributed by atoms with Crippen molar-refractivity contribution in [1.29, 1.82) is 0 Å². The number of halogens is 2. The van der Waals surface area contributed by atoms with E-state index in [-0.39, 0.29) is 0 Å². The van der Waals surface area contributed by atoms with Gasteiger partial charge in [-0.05, 0) is 25.5 Å². The van der Waals surface area contributed by atoms with Crippen molar-refractivity contribution in [3.05, 3.63) is 68.7 Å². The second-order valence-corrected chi connectivity index (χ2v) is 7.48. The molecule has 0 unspecified atom stereocenters. The summed E-state index contributed by atoms with van der Waals surface area (Å²) in [4.78, 5) is 1.61. The van der Waals surface area contributed by atoms with Crippen LogP contribution in [0.3, 0.4) is 0 Å². The first-order valence-electron chi connectivity index (χ1n) is 8.65. The van der Waals surface area contributed by atoms with Crippen LogP contribution in [0, 0.1) is 13.8 Å². The summed E-state index contributed by atoms with van der Waals surface area (Å²) >= 11 is 12.2. The van der Waals surface area contributed by atoms with Crippen LogP contribution in [0.25, 0.3) is 0 Å². The zero-order valence-corrected chi connectivity index (χ0v) is 16.2. The van der Waals surface area contributed by atoms with Gasteiger partial charge in [0.05, 0.1) is 42.4 Å². The number of piperazine rings is 1. The second-order valence-electron chi connectivity index (χ2n) is 6.70. The first-order chi connectivity index (χ1) is 12.0. The molecule has 0 radical (unpaired) electrons. The third kappa shape index (κ3) is 4.75. The van der Waals surface area contributed by atoms with Gasteiger partial charge < -0.3 is 4.90 Å². The molecule has 0 spiro atoms. The van der Waals surface area contributed by atoms with Crippen molar-refractivity contribution in [2.75, 3.05) is 26.2 Å². The minimum atomic E-state index is 0.562. The number of hydrazone groups is 1. The molecule has 2 aromatic rings. The number of hydrogen-bond acceptors (Lipinski definition) is 2. The van der Waals surface area contributed by atoms with Gasteiger partial charge in [-0.1, -0.05) is 59.1 Å². The number of benzene rings is 2. The molecular formula is C20H24Cl2N3+. The van der Waals surface area contributed by atoms with Gasteiger partial charge in [-0.2, -0.15) is 5.10 Å². The lowest BCUT2D eigenvalue weighted by molar-refractivity contribution is -0.918. The van der Waals surface area contributed by atoms with E-state index in [9.17, 15) is 0 Å². The summed E-state index contributed by atoms with van der Waals surface area (Å²) in [6.45, 7) is 9.53. The van der Waals surface area contributed by atoms with Crippen LogP contribution in [-0.4, -0.2) is 37.4 Å². The van der Waals surface area contributed by atoms with Crippen molar-refractivity contribution in [1.82, 2.24) is 5.01 Å². The fourth-order valence-corrected chi connectivity index (χ4v) is 3.54. The van der Waals surface area contributed by atoms with Gasteiger partial charge in [-0.3, -0.25) is 5.01 Å². The summed E-state index contributed by atoms with van der Waals surface area (Å²) in [5.74, 6) is 0. The van der Waals surface area contributed by atoms with E-state index in [0.29, 0.717) is 10.0 Å². The Hall–Kier alpha value is -1.55. The van der Waals surface area contributed by atoms with Crippen molar-refractivity contribution in [3.8, 4) is 0 Å². The van der Waals surface area contributed by atoms with Crippen molar-refractivity contribution in [2.45, 2.75) is 20.4 Å². The average molecular weight is 377 g/mol. The largest absolute Gasteiger partial charge is 0.328 e. The normalized spacial score (nSPS) is 15.9. The predicted molar refractivity (Wildman–Crippen MR) is 106 cm³/mol. The van der Waals surface area contributed by atoms with Crippen LogP contribution >= 0.6 is 23.2 Å². The van der Waals surface area contributed by atoms with Gasteiger partial charge >= 0.3 is 0 Å². The lowest BCUT2D eigenvalue weighted by Gasteiger charge is -2.30. The highest BCUT2D eigenvalue weighted by Crippen LogP contribution is 2.24. The molecule has 5 heteroatoms. The zero-order chi connectivity index (χ0) is 17.8. The van der Waals surface area contributed by atoms with Crippen LogP contribution in [0.15, 0.2) is 41.5 Å². The molecule has 2 aromatic carbocycles. The van der Waals surface area contributed by atoms with E-state index in [1.807, 2.05) is 18.3 Å². The standard InChI is InChI=1S/C20H23Cl2N3/c1-15-6-7-18(16(2)12-15)14-24-8-10-25(11-9-24)23-13-17-4-3-5-19(21)20(17)22/h3-7,12-13H,8-11,14H2,1-2H3/p+1/b23-13-. The maximum atomic E-state index is 6.20. The Morgan fingerprint density at radius 1 is 1.12 bits per heavy atom. The molecule has 0 aromatic heterocycles. The van der Waals surface area contributed by atoms with Crippen LogP contribution in [0.5, 0.6) is 0 Å². The van der Waals surface area contributed by atoms with Crippen LogP contribution in [0.2, 0.25) is 10.0 Å². The van der Waals surface area contributed by atoms with E-state index in [2.05, 4.69) is 42.2 Å². The van der Waals surface area contributed by atoms with Gasteiger partial charge in [0.2, 0.25) is 0 Å². The first-order valence-corrected chi connectivity index (χ1v) is 9.41. The van der Waals surface area contributed by atoms with Gasteiger partial charge in [-0.25, -0.2) is 0 Å². The molecule has 1 saturated heterocycles. The number of quaternary nitrogens is 1. The van der Waals surface area contributed by atoms with Gasteiger partial charge in [0.15, 0.2) is 0 Å². The van der Waals surface area contributed by atoms with Crippen molar-refractivity contribution >= 4 is 29.4 Å². The average Bonchev–Trinajstić information content (AvgIpc) is 2.60. The maximum absolute atomic E-state index is 6.20. The summed E-state index contributed by atoms with van der Waals surface area (Å²) in [6.07, 6.45) is 1.81. The van der Waals surface area contributed by atoms with Gasteiger partial charge in [-0.15, -0.1) is 0 Å². The van der Waals surface area contributed by atoms with Gasteiger partial charge in [0.1, 0.15) is 6.54 Å². The first kappa shape index (κ1) is 18.2. The summed E-state index contributed by atoms with van der Waals surface area (Å²) in [7, 11) is 0. The number of aryl methyl sites for hydroxylation is 2. The van der Waals surface area contributed by atoms with E-state index in [1.54, 1.807) is 11.0 Å². The van der Waals surface area contributed by atoms with Crippen molar-refractivity contribution < 1.29 is 4.90 Å². The Kier molecular flexibility index (Phi) is 6.00. The third-order valence-electron chi connectivity index (χ3n) is 4.73. The SMILES string of the molecule is Cc1ccc(C[NH+]2CCN(/N=C\c3cccc(Cl)c3Cl)CC2)c(C)c1. The van der Waals surface area contributed by atoms with E-state index >= 15 is 0 Å². The molecule has 0 amide bonds. The highest BCUT2D eigenvalue weighted by atomic mass is 35.5. The predicted octanol–water partition coefficient (Wildman–Crippen LogP) is 3.34. The molecule has 25 heavy (non-hydrogen) atoms. The fraction of sp³-hybridized carbons (Fsp3) is 0.350. The minimum absolute atomic E-state index is 0.562. The number of nitrogens with one attached hydrogen (secondary N) is 1. The topological polar surface area (TPSA) is 20.0 Å².